The second kappa shape index (κ2) is 6.66. The van der Waals surface area contributed by atoms with Crippen molar-refractivity contribution in [1.82, 2.24) is 9.97 Å². The summed E-state index contributed by atoms with van der Waals surface area (Å²) in [5.74, 6) is 0. The first-order valence-corrected chi connectivity index (χ1v) is 8.32. The van der Waals surface area contributed by atoms with Gasteiger partial charge in [-0.2, -0.15) is 0 Å². The quantitative estimate of drug-likeness (QED) is 0.705. The molecule has 2 aromatic heterocycles. The number of hydrogen-bond acceptors (Lipinski definition) is 4. The van der Waals surface area contributed by atoms with Crippen LogP contribution in [0.1, 0.15) is 5.69 Å². The minimum absolute atomic E-state index is 0.306. The van der Waals surface area contributed by atoms with Gasteiger partial charge < -0.3 is 10.6 Å². The van der Waals surface area contributed by atoms with E-state index in [9.17, 15) is 4.79 Å². The van der Waals surface area contributed by atoms with Gasteiger partial charge in [0, 0.05) is 22.5 Å². The van der Waals surface area contributed by atoms with Crippen LogP contribution in [0, 0.1) is 6.92 Å². The van der Waals surface area contributed by atoms with Crippen molar-refractivity contribution >= 4 is 40.2 Å². The van der Waals surface area contributed by atoms with Gasteiger partial charge in [0.25, 0.3) is 0 Å². The topological polar surface area (TPSA) is 66.9 Å². The Balaban J connectivity index is 1.79. The molecule has 0 bridgehead atoms. The number of pyridine rings is 2. The van der Waals surface area contributed by atoms with Crippen LogP contribution in [0.25, 0.3) is 11.0 Å². The summed E-state index contributed by atoms with van der Waals surface area (Å²) < 4.78 is 0. The minimum Gasteiger partial charge on any atom is -0.308 e. The zero-order chi connectivity index (χ0) is 16.2. The third-order valence-corrected chi connectivity index (χ3v) is 4.03. The molecule has 2 amide bonds. The Morgan fingerprint density at radius 2 is 1.91 bits per heavy atom. The van der Waals surface area contributed by atoms with Gasteiger partial charge in [-0.15, -0.1) is 11.8 Å². The van der Waals surface area contributed by atoms with Gasteiger partial charge in [-0.05, 0) is 55.6 Å². The number of nitrogens with one attached hydrogen (secondary N) is 2. The van der Waals surface area contributed by atoms with Crippen molar-refractivity contribution in [3.8, 4) is 0 Å². The lowest BCUT2D eigenvalue weighted by molar-refractivity contribution is 0.262. The Morgan fingerprint density at radius 1 is 1.13 bits per heavy atom. The highest BCUT2D eigenvalue weighted by Gasteiger charge is 2.09. The highest BCUT2D eigenvalue weighted by atomic mass is 32.2. The second-order valence-corrected chi connectivity index (χ2v) is 5.87. The summed E-state index contributed by atoms with van der Waals surface area (Å²) in [6.45, 7) is 1.89. The smallest absolute Gasteiger partial charge is 0.308 e. The Labute approximate surface area is 138 Å². The fraction of sp³-hybridized carbons (Fsp3) is 0.118. The molecule has 2 N–H and O–H groups in total. The number of aryl methyl sites for hydroxylation is 1. The predicted molar refractivity (Wildman–Crippen MR) is 95.1 cm³/mol. The SMILES string of the molecule is CSc1ccc(NC(=O)Nc2cc(C)nc3cccnc23)cc1. The van der Waals surface area contributed by atoms with Crippen molar-refractivity contribution in [2.45, 2.75) is 11.8 Å². The van der Waals surface area contributed by atoms with Crippen molar-refractivity contribution in [3.63, 3.8) is 0 Å². The van der Waals surface area contributed by atoms with Gasteiger partial charge >= 0.3 is 6.03 Å². The summed E-state index contributed by atoms with van der Waals surface area (Å²) in [6.07, 6.45) is 3.70. The molecule has 6 heteroatoms. The number of amides is 2. The molecular weight excluding hydrogens is 308 g/mol. The molecule has 3 aromatic rings. The number of nitrogens with zero attached hydrogens (tertiary/aromatic N) is 2. The molecule has 0 spiro atoms. The van der Waals surface area contributed by atoms with Crippen LogP contribution in [0.3, 0.4) is 0 Å². The van der Waals surface area contributed by atoms with E-state index >= 15 is 0 Å². The second-order valence-electron chi connectivity index (χ2n) is 4.99. The van der Waals surface area contributed by atoms with Crippen LogP contribution in [-0.2, 0) is 0 Å². The van der Waals surface area contributed by atoms with Crippen LogP contribution < -0.4 is 10.6 Å². The number of carbonyl (C=O) groups is 1. The van der Waals surface area contributed by atoms with E-state index in [-0.39, 0.29) is 6.03 Å². The van der Waals surface area contributed by atoms with E-state index in [1.165, 1.54) is 0 Å². The fourth-order valence-corrected chi connectivity index (χ4v) is 2.66. The van der Waals surface area contributed by atoms with Crippen LogP contribution in [0.4, 0.5) is 16.2 Å². The van der Waals surface area contributed by atoms with E-state index in [2.05, 4.69) is 20.6 Å². The molecule has 2 heterocycles. The molecule has 0 saturated carbocycles. The molecule has 3 rings (SSSR count). The van der Waals surface area contributed by atoms with Gasteiger partial charge in [0.15, 0.2) is 0 Å². The van der Waals surface area contributed by atoms with E-state index in [1.54, 1.807) is 18.0 Å². The van der Waals surface area contributed by atoms with Crippen molar-refractivity contribution in [2.75, 3.05) is 16.9 Å². The van der Waals surface area contributed by atoms with Crippen LogP contribution >= 0.6 is 11.8 Å². The molecule has 116 valence electrons. The first-order valence-electron chi connectivity index (χ1n) is 7.10. The molecule has 0 fully saturated rings. The van der Waals surface area contributed by atoms with E-state index in [4.69, 9.17) is 0 Å². The first kappa shape index (κ1) is 15.3. The maximum atomic E-state index is 12.2. The third-order valence-electron chi connectivity index (χ3n) is 3.29. The number of urea groups is 1. The molecule has 0 aliphatic carbocycles. The highest BCUT2D eigenvalue weighted by Crippen LogP contribution is 2.21. The highest BCUT2D eigenvalue weighted by molar-refractivity contribution is 7.98. The molecule has 0 saturated heterocycles. The van der Waals surface area contributed by atoms with E-state index < -0.39 is 0 Å². The normalized spacial score (nSPS) is 10.5. The lowest BCUT2D eigenvalue weighted by Crippen LogP contribution is -2.19. The van der Waals surface area contributed by atoms with Gasteiger partial charge in [-0.25, -0.2) is 4.79 Å². The minimum atomic E-state index is -0.306. The predicted octanol–water partition coefficient (Wildman–Crippen LogP) is 4.30. The van der Waals surface area contributed by atoms with Gasteiger partial charge in [0.05, 0.1) is 11.2 Å². The summed E-state index contributed by atoms with van der Waals surface area (Å²) in [7, 11) is 0. The van der Waals surface area contributed by atoms with E-state index in [1.807, 2.05) is 55.6 Å². The average Bonchev–Trinajstić information content (AvgIpc) is 2.55. The fourth-order valence-electron chi connectivity index (χ4n) is 2.25. The maximum Gasteiger partial charge on any atom is 0.323 e. The van der Waals surface area contributed by atoms with Crippen LogP contribution in [0.5, 0.6) is 0 Å². The number of rotatable bonds is 3. The molecule has 0 atom stereocenters. The maximum absolute atomic E-state index is 12.2. The Kier molecular flexibility index (Phi) is 4.43. The Morgan fingerprint density at radius 3 is 2.65 bits per heavy atom. The number of thioether (sulfide) groups is 1. The van der Waals surface area contributed by atoms with Crippen molar-refractivity contribution in [1.29, 1.82) is 0 Å². The van der Waals surface area contributed by atoms with Crippen molar-refractivity contribution in [2.24, 2.45) is 0 Å². The van der Waals surface area contributed by atoms with Crippen molar-refractivity contribution in [3.05, 3.63) is 54.4 Å². The lowest BCUT2D eigenvalue weighted by Gasteiger charge is -2.10. The number of hydrogen-bond donors (Lipinski definition) is 2. The average molecular weight is 324 g/mol. The summed E-state index contributed by atoms with van der Waals surface area (Å²) >= 11 is 1.66. The summed E-state index contributed by atoms with van der Waals surface area (Å²) in [5, 5.41) is 5.66. The largest absolute Gasteiger partial charge is 0.323 e. The number of benzene rings is 1. The molecule has 1 aromatic carbocycles. The first-order chi connectivity index (χ1) is 11.2. The van der Waals surface area contributed by atoms with Gasteiger partial charge in [0.1, 0.15) is 5.52 Å². The van der Waals surface area contributed by atoms with Gasteiger partial charge in [-0.1, -0.05) is 0 Å². The van der Waals surface area contributed by atoms with E-state index in [0.29, 0.717) is 11.2 Å². The molecule has 0 unspecified atom stereocenters. The van der Waals surface area contributed by atoms with E-state index in [0.717, 1.165) is 21.8 Å². The standard InChI is InChI=1S/C17H16N4OS/c1-11-10-15(16-14(19-11)4-3-9-18-16)21-17(22)20-12-5-7-13(23-2)8-6-12/h3-10H,1-2H3,(H2,19,20,21,22). The van der Waals surface area contributed by atoms with Crippen molar-refractivity contribution < 1.29 is 4.79 Å². The molecule has 0 aliphatic rings. The van der Waals surface area contributed by atoms with Crippen LogP contribution in [0.2, 0.25) is 0 Å². The Hall–Kier alpha value is -2.60. The zero-order valence-electron chi connectivity index (χ0n) is 12.8. The molecular formula is C17H16N4OS. The summed E-state index contributed by atoms with van der Waals surface area (Å²) in [5.41, 5.74) is 3.64. The number of fused-ring (bicyclic) bond motifs is 1. The van der Waals surface area contributed by atoms with Crippen LogP contribution in [-0.4, -0.2) is 22.3 Å². The number of carbonyl (C=O) groups excluding carboxylic acids is 1. The summed E-state index contributed by atoms with van der Waals surface area (Å²) in [6, 6.07) is 12.9. The number of anilines is 2. The summed E-state index contributed by atoms with van der Waals surface area (Å²) in [4.78, 5) is 22.1. The molecule has 5 nitrogen and oxygen atoms in total. The van der Waals surface area contributed by atoms with Crippen LogP contribution in [0.15, 0.2) is 53.6 Å². The molecule has 0 radical (unpaired) electrons. The van der Waals surface area contributed by atoms with Gasteiger partial charge in [0.2, 0.25) is 0 Å². The lowest BCUT2D eigenvalue weighted by atomic mass is 10.2. The third kappa shape index (κ3) is 3.60. The monoisotopic (exact) mass is 324 g/mol. The number of aromatic nitrogens is 2. The van der Waals surface area contributed by atoms with Gasteiger partial charge in [-0.3, -0.25) is 9.97 Å². The zero-order valence-corrected chi connectivity index (χ0v) is 13.6. The molecule has 23 heavy (non-hydrogen) atoms. The molecule has 0 aliphatic heterocycles. The Bertz CT molecular complexity index is 849.